The number of hydrogen-bond donors (Lipinski definition) is 1. The Morgan fingerprint density at radius 3 is 2.67 bits per heavy atom. The van der Waals surface area contributed by atoms with E-state index in [-0.39, 0.29) is 11.3 Å². The highest BCUT2D eigenvalue weighted by Gasteiger charge is 2.16. The summed E-state index contributed by atoms with van der Waals surface area (Å²) in [7, 11) is 0. The van der Waals surface area contributed by atoms with Crippen molar-refractivity contribution in [3.8, 4) is 0 Å². The van der Waals surface area contributed by atoms with Crippen LogP contribution >= 0.6 is 27.5 Å². The van der Waals surface area contributed by atoms with Gasteiger partial charge in [0.2, 0.25) is 0 Å². The van der Waals surface area contributed by atoms with Crippen molar-refractivity contribution in [1.82, 2.24) is 0 Å². The molecule has 0 fully saturated rings. The van der Waals surface area contributed by atoms with E-state index < -0.39 is 10.8 Å². The Hall–Kier alpha value is -1.92. The first-order valence-corrected chi connectivity index (χ1v) is 7.07. The van der Waals surface area contributed by atoms with Crippen LogP contribution in [0.3, 0.4) is 0 Å². The van der Waals surface area contributed by atoms with Crippen LogP contribution in [-0.2, 0) is 0 Å². The normalized spacial score (nSPS) is 10.2. The van der Waals surface area contributed by atoms with Gasteiger partial charge in [-0.1, -0.05) is 17.7 Å². The third-order valence-corrected chi connectivity index (χ3v) is 3.78. The fraction of sp³-hybridized carbons (Fsp3) is 0.0714. The Balaban J connectivity index is 2.30. The number of halogens is 2. The third-order valence-electron chi connectivity index (χ3n) is 2.78. The maximum absolute atomic E-state index is 12.2. The zero-order valence-corrected chi connectivity index (χ0v) is 13.2. The van der Waals surface area contributed by atoms with Crippen LogP contribution in [-0.4, -0.2) is 10.8 Å². The van der Waals surface area contributed by atoms with E-state index in [0.29, 0.717) is 15.2 Å². The Bertz CT molecular complexity index is 734. The minimum Gasteiger partial charge on any atom is -0.321 e. The highest BCUT2D eigenvalue weighted by atomic mass is 79.9. The van der Waals surface area contributed by atoms with Crippen molar-refractivity contribution in [2.45, 2.75) is 6.92 Å². The van der Waals surface area contributed by atoms with E-state index in [1.54, 1.807) is 12.1 Å². The summed E-state index contributed by atoms with van der Waals surface area (Å²) in [5.41, 5.74) is 1.42. The lowest BCUT2D eigenvalue weighted by atomic mass is 10.1. The van der Waals surface area contributed by atoms with E-state index in [1.807, 2.05) is 13.0 Å². The van der Waals surface area contributed by atoms with E-state index in [0.717, 1.165) is 5.56 Å². The highest BCUT2D eigenvalue weighted by molar-refractivity contribution is 9.10. The summed E-state index contributed by atoms with van der Waals surface area (Å²) in [4.78, 5) is 22.5. The first-order valence-electron chi connectivity index (χ1n) is 5.90. The number of aryl methyl sites for hydroxylation is 1. The minimum atomic E-state index is -0.555. The lowest BCUT2D eigenvalue weighted by molar-refractivity contribution is -0.385. The van der Waals surface area contributed by atoms with Crippen LogP contribution in [0.2, 0.25) is 5.02 Å². The maximum atomic E-state index is 12.2. The van der Waals surface area contributed by atoms with Crippen LogP contribution in [0.4, 0.5) is 11.4 Å². The van der Waals surface area contributed by atoms with Gasteiger partial charge in [-0.05, 0) is 52.7 Å². The van der Waals surface area contributed by atoms with Crippen LogP contribution < -0.4 is 5.32 Å². The zero-order chi connectivity index (χ0) is 15.6. The minimum absolute atomic E-state index is 0.169. The van der Waals surface area contributed by atoms with Crippen molar-refractivity contribution in [2.75, 3.05) is 5.32 Å². The Morgan fingerprint density at radius 1 is 1.29 bits per heavy atom. The van der Waals surface area contributed by atoms with E-state index in [4.69, 9.17) is 11.6 Å². The van der Waals surface area contributed by atoms with Crippen molar-refractivity contribution in [1.29, 1.82) is 0 Å². The van der Waals surface area contributed by atoms with Gasteiger partial charge in [0, 0.05) is 11.6 Å². The summed E-state index contributed by atoms with van der Waals surface area (Å²) in [6.07, 6.45) is 0. The van der Waals surface area contributed by atoms with Gasteiger partial charge in [-0.2, -0.15) is 0 Å². The Labute approximate surface area is 134 Å². The van der Waals surface area contributed by atoms with Crippen LogP contribution in [0.5, 0.6) is 0 Å². The molecule has 7 heteroatoms. The second kappa shape index (κ2) is 6.24. The molecule has 0 spiro atoms. The second-order valence-corrected chi connectivity index (χ2v) is 5.62. The molecule has 5 nitrogen and oxygen atoms in total. The second-order valence-electron chi connectivity index (χ2n) is 4.36. The lowest BCUT2D eigenvalue weighted by Gasteiger charge is -2.08. The SMILES string of the molecule is Cc1ccc(Cl)c(NC(=O)c2ccc(Br)c([N+](=O)[O-])c2)c1. The fourth-order valence-corrected chi connectivity index (χ4v) is 2.28. The molecular weight excluding hydrogens is 360 g/mol. The Morgan fingerprint density at radius 2 is 2.00 bits per heavy atom. The van der Waals surface area contributed by atoms with Crippen molar-refractivity contribution in [2.24, 2.45) is 0 Å². The van der Waals surface area contributed by atoms with Crippen LogP contribution in [0, 0.1) is 17.0 Å². The number of anilines is 1. The molecule has 0 aliphatic rings. The van der Waals surface area contributed by atoms with E-state index in [9.17, 15) is 14.9 Å². The number of amides is 1. The summed E-state index contributed by atoms with van der Waals surface area (Å²) in [5.74, 6) is -0.460. The summed E-state index contributed by atoms with van der Waals surface area (Å²) in [6.45, 7) is 1.87. The standard InChI is InChI=1S/C14H10BrClN2O3/c1-8-2-5-11(16)12(6-8)17-14(19)9-3-4-10(15)13(7-9)18(20)21/h2-7H,1H3,(H,17,19). The van der Waals surface area contributed by atoms with Crippen LogP contribution in [0.1, 0.15) is 15.9 Å². The molecule has 2 aromatic carbocycles. The topological polar surface area (TPSA) is 72.2 Å². The molecule has 0 aliphatic carbocycles. The van der Waals surface area contributed by atoms with Gasteiger partial charge in [-0.25, -0.2) is 0 Å². The van der Waals surface area contributed by atoms with Gasteiger partial charge in [0.25, 0.3) is 11.6 Å². The molecule has 0 aromatic heterocycles. The maximum Gasteiger partial charge on any atom is 0.284 e. The molecule has 1 amide bonds. The summed E-state index contributed by atoms with van der Waals surface area (Å²) >= 11 is 9.08. The molecular formula is C14H10BrClN2O3. The molecule has 0 heterocycles. The highest BCUT2D eigenvalue weighted by Crippen LogP contribution is 2.27. The molecule has 0 radical (unpaired) electrons. The monoisotopic (exact) mass is 368 g/mol. The van der Waals surface area contributed by atoms with Gasteiger partial charge < -0.3 is 5.32 Å². The summed E-state index contributed by atoms with van der Waals surface area (Å²) < 4.78 is 0.317. The molecule has 0 unspecified atom stereocenters. The number of nitrogens with zero attached hydrogens (tertiary/aromatic N) is 1. The number of nitro benzene ring substituents is 1. The molecule has 108 valence electrons. The van der Waals surface area contributed by atoms with Gasteiger partial charge in [-0.15, -0.1) is 0 Å². The molecule has 0 aliphatic heterocycles. The fourth-order valence-electron chi connectivity index (χ4n) is 1.72. The summed E-state index contributed by atoms with van der Waals surface area (Å²) in [6, 6.07) is 9.40. The average Bonchev–Trinajstić information content (AvgIpc) is 2.43. The van der Waals surface area contributed by atoms with Gasteiger partial charge in [-0.3, -0.25) is 14.9 Å². The number of rotatable bonds is 3. The van der Waals surface area contributed by atoms with Gasteiger partial charge in [0.05, 0.1) is 20.1 Å². The predicted octanol–water partition coefficient (Wildman–Crippen LogP) is 4.57. The average molecular weight is 370 g/mol. The largest absolute Gasteiger partial charge is 0.321 e. The Kier molecular flexibility index (Phi) is 4.59. The molecule has 21 heavy (non-hydrogen) atoms. The molecule has 0 bridgehead atoms. The number of nitro groups is 1. The van der Waals surface area contributed by atoms with Gasteiger partial charge in [0.1, 0.15) is 0 Å². The molecule has 0 saturated heterocycles. The van der Waals surface area contributed by atoms with Crippen molar-refractivity contribution in [3.63, 3.8) is 0 Å². The van der Waals surface area contributed by atoms with Crippen molar-refractivity contribution >= 4 is 44.8 Å². The number of hydrogen-bond acceptors (Lipinski definition) is 3. The molecule has 0 saturated carbocycles. The summed E-state index contributed by atoms with van der Waals surface area (Å²) in [5, 5.41) is 13.9. The third kappa shape index (κ3) is 3.59. The first-order chi connectivity index (χ1) is 9.88. The smallest absolute Gasteiger partial charge is 0.284 e. The van der Waals surface area contributed by atoms with Crippen molar-refractivity contribution < 1.29 is 9.72 Å². The molecule has 2 aromatic rings. The quantitative estimate of drug-likeness (QED) is 0.636. The van der Waals surface area contributed by atoms with Crippen molar-refractivity contribution in [3.05, 3.63) is 67.1 Å². The van der Waals surface area contributed by atoms with E-state index >= 15 is 0 Å². The number of carbonyl (C=O) groups is 1. The predicted molar refractivity (Wildman–Crippen MR) is 84.9 cm³/mol. The molecule has 0 atom stereocenters. The number of carbonyl (C=O) groups excluding carboxylic acids is 1. The number of nitrogens with one attached hydrogen (secondary N) is 1. The molecule has 1 N–H and O–H groups in total. The van der Waals surface area contributed by atoms with Gasteiger partial charge >= 0.3 is 0 Å². The lowest BCUT2D eigenvalue weighted by Crippen LogP contribution is -2.12. The van der Waals surface area contributed by atoms with Gasteiger partial charge in [0.15, 0.2) is 0 Å². The van der Waals surface area contributed by atoms with E-state index in [2.05, 4.69) is 21.2 Å². The van der Waals surface area contributed by atoms with E-state index in [1.165, 1.54) is 18.2 Å². The molecule has 2 rings (SSSR count). The first kappa shape index (κ1) is 15.5. The van der Waals surface area contributed by atoms with Crippen LogP contribution in [0.25, 0.3) is 0 Å². The number of benzene rings is 2. The zero-order valence-electron chi connectivity index (χ0n) is 10.9. The van der Waals surface area contributed by atoms with Crippen LogP contribution in [0.15, 0.2) is 40.9 Å².